The van der Waals surface area contributed by atoms with Crippen molar-refractivity contribution in [1.82, 2.24) is 9.80 Å². The van der Waals surface area contributed by atoms with Crippen molar-refractivity contribution >= 4 is 39.3 Å². The van der Waals surface area contributed by atoms with Crippen molar-refractivity contribution in [3.63, 3.8) is 0 Å². The van der Waals surface area contributed by atoms with Crippen LogP contribution in [0.15, 0.2) is 46.9 Å². The molecular weight excluding hydrogens is 447 g/mol. The van der Waals surface area contributed by atoms with E-state index in [0.717, 1.165) is 17.0 Å². The lowest BCUT2D eigenvalue weighted by Gasteiger charge is -2.35. The molecule has 2 aromatic carbocycles. The van der Waals surface area contributed by atoms with E-state index in [1.54, 1.807) is 4.90 Å². The molecule has 2 fully saturated rings. The molecule has 0 bridgehead atoms. The van der Waals surface area contributed by atoms with Crippen LogP contribution in [0.2, 0.25) is 5.02 Å². The summed E-state index contributed by atoms with van der Waals surface area (Å²) in [5.41, 5.74) is 1.48. The van der Waals surface area contributed by atoms with Gasteiger partial charge in [0, 0.05) is 36.6 Å². The highest BCUT2D eigenvalue weighted by Crippen LogP contribution is 2.49. The van der Waals surface area contributed by atoms with Crippen LogP contribution in [0.5, 0.6) is 0 Å². The van der Waals surface area contributed by atoms with Crippen LogP contribution < -0.4 is 0 Å². The second kappa shape index (κ2) is 7.84. The zero-order chi connectivity index (χ0) is 19.8. The summed E-state index contributed by atoms with van der Waals surface area (Å²) in [6.07, 6.45) is 0.875. The molecular formula is C21H19BrClFN2O2. The van der Waals surface area contributed by atoms with Crippen molar-refractivity contribution in [2.75, 3.05) is 26.2 Å². The molecule has 28 heavy (non-hydrogen) atoms. The minimum absolute atomic E-state index is 0.0306. The molecule has 2 amide bonds. The lowest BCUT2D eigenvalue weighted by Crippen LogP contribution is -2.51. The molecule has 7 heteroatoms. The maximum absolute atomic E-state index is 13.2. The van der Waals surface area contributed by atoms with Gasteiger partial charge in [0.05, 0.1) is 10.6 Å². The van der Waals surface area contributed by atoms with Gasteiger partial charge >= 0.3 is 0 Å². The lowest BCUT2D eigenvalue weighted by atomic mass is 10.1. The van der Waals surface area contributed by atoms with Crippen LogP contribution in [0.25, 0.3) is 0 Å². The van der Waals surface area contributed by atoms with Gasteiger partial charge in [-0.05, 0) is 48.2 Å². The summed E-state index contributed by atoms with van der Waals surface area (Å²) in [6, 6.07) is 11.9. The molecule has 0 radical (unpaired) electrons. The Morgan fingerprint density at radius 3 is 2.43 bits per heavy atom. The van der Waals surface area contributed by atoms with Gasteiger partial charge in [0.25, 0.3) is 5.91 Å². The van der Waals surface area contributed by atoms with Crippen molar-refractivity contribution < 1.29 is 14.0 Å². The summed E-state index contributed by atoms with van der Waals surface area (Å²) in [7, 11) is 0. The van der Waals surface area contributed by atoms with E-state index in [1.807, 2.05) is 17.0 Å². The second-order valence-corrected chi connectivity index (χ2v) is 8.57. The van der Waals surface area contributed by atoms with Crippen molar-refractivity contribution in [2.24, 2.45) is 5.92 Å². The summed E-state index contributed by atoms with van der Waals surface area (Å²) >= 11 is 9.48. The average Bonchev–Trinajstić information content (AvgIpc) is 3.48. The molecule has 0 aromatic heterocycles. The molecule has 2 atom stereocenters. The van der Waals surface area contributed by atoms with E-state index in [9.17, 15) is 14.0 Å². The van der Waals surface area contributed by atoms with E-state index in [0.29, 0.717) is 31.7 Å². The van der Waals surface area contributed by atoms with Crippen LogP contribution in [0, 0.1) is 11.7 Å². The van der Waals surface area contributed by atoms with Crippen LogP contribution in [0.4, 0.5) is 4.39 Å². The molecule has 1 heterocycles. The number of piperazine rings is 1. The fourth-order valence-electron chi connectivity index (χ4n) is 3.77. The van der Waals surface area contributed by atoms with Crippen molar-refractivity contribution in [3.8, 4) is 0 Å². The molecule has 1 aliphatic heterocycles. The fourth-order valence-corrected chi connectivity index (χ4v) is 4.44. The Hall–Kier alpha value is -1.92. The molecule has 1 saturated heterocycles. The third-order valence-corrected chi connectivity index (χ3v) is 6.23. The van der Waals surface area contributed by atoms with Gasteiger partial charge in [0.15, 0.2) is 0 Å². The highest BCUT2D eigenvalue weighted by molar-refractivity contribution is 9.10. The summed E-state index contributed by atoms with van der Waals surface area (Å²) < 4.78 is 14.2. The Morgan fingerprint density at radius 2 is 1.75 bits per heavy atom. The third-order valence-electron chi connectivity index (χ3n) is 5.42. The Kier molecular flexibility index (Phi) is 5.43. The van der Waals surface area contributed by atoms with E-state index >= 15 is 0 Å². The summed E-state index contributed by atoms with van der Waals surface area (Å²) in [5, 5.41) is 0.110. The minimum atomic E-state index is -0.471. The normalized spacial score (nSPS) is 21.5. The number of benzene rings is 2. The summed E-state index contributed by atoms with van der Waals surface area (Å²) in [6.45, 7) is 1.91. The Bertz CT molecular complexity index is 930. The molecule has 4 rings (SSSR count). The number of nitrogens with zero attached hydrogens (tertiary/aromatic N) is 2. The maximum atomic E-state index is 13.2. The number of carbonyl (C=O) groups excluding carboxylic acids is 2. The van der Waals surface area contributed by atoms with Gasteiger partial charge in [-0.2, -0.15) is 0 Å². The van der Waals surface area contributed by atoms with E-state index in [4.69, 9.17) is 11.6 Å². The van der Waals surface area contributed by atoms with Crippen LogP contribution >= 0.6 is 27.5 Å². The predicted octanol–water partition coefficient (Wildman–Crippen LogP) is 4.33. The first-order valence-electron chi connectivity index (χ1n) is 9.22. The first-order chi connectivity index (χ1) is 13.4. The number of hydrogen-bond acceptors (Lipinski definition) is 2. The number of carbonyl (C=O) groups is 2. The van der Waals surface area contributed by atoms with Crippen LogP contribution in [-0.2, 0) is 4.79 Å². The van der Waals surface area contributed by atoms with Crippen molar-refractivity contribution in [2.45, 2.75) is 12.3 Å². The first kappa shape index (κ1) is 19.4. The van der Waals surface area contributed by atoms with E-state index in [2.05, 4.69) is 28.1 Å². The smallest absolute Gasteiger partial charge is 0.255 e. The second-order valence-electron chi connectivity index (χ2n) is 7.25. The van der Waals surface area contributed by atoms with Crippen LogP contribution in [0.1, 0.15) is 28.3 Å². The van der Waals surface area contributed by atoms with E-state index < -0.39 is 5.82 Å². The monoisotopic (exact) mass is 464 g/mol. The highest BCUT2D eigenvalue weighted by Gasteiger charge is 2.46. The molecule has 1 saturated carbocycles. The van der Waals surface area contributed by atoms with Crippen molar-refractivity contribution in [1.29, 1.82) is 0 Å². The zero-order valence-electron chi connectivity index (χ0n) is 15.1. The Morgan fingerprint density at radius 1 is 1.04 bits per heavy atom. The standard InChI is InChI=1S/C21H19BrClFN2O2/c22-14-3-1-2-13(10-14)17-12-18(17)21(28)26-8-6-25(7-9-26)20(27)16-5-4-15(24)11-19(16)23/h1-5,10-11,17-18H,6-9,12H2. The number of halogens is 3. The van der Waals surface area contributed by atoms with Crippen molar-refractivity contribution in [3.05, 3.63) is 68.9 Å². The zero-order valence-corrected chi connectivity index (χ0v) is 17.4. The van der Waals surface area contributed by atoms with Gasteiger partial charge < -0.3 is 9.80 Å². The van der Waals surface area contributed by atoms with E-state index in [1.165, 1.54) is 17.7 Å². The summed E-state index contributed by atoms with van der Waals surface area (Å²) in [4.78, 5) is 29.0. The largest absolute Gasteiger partial charge is 0.339 e. The SMILES string of the molecule is O=C(c1ccc(F)cc1Cl)N1CCN(C(=O)C2CC2c2cccc(Br)c2)CC1. The Labute approximate surface area is 176 Å². The molecule has 2 unspecified atom stereocenters. The fraction of sp³-hybridized carbons (Fsp3) is 0.333. The van der Waals surface area contributed by atoms with Gasteiger partial charge in [-0.1, -0.05) is 39.7 Å². The third kappa shape index (κ3) is 3.94. The number of hydrogen-bond donors (Lipinski definition) is 0. The van der Waals surface area contributed by atoms with Gasteiger partial charge in [-0.25, -0.2) is 4.39 Å². The lowest BCUT2D eigenvalue weighted by molar-refractivity contribution is -0.134. The number of rotatable bonds is 3. The molecule has 2 aliphatic rings. The molecule has 0 N–H and O–H groups in total. The topological polar surface area (TPSA) is 40.6 Å². The van der Waals surface area contributed by atoms with Crippen LogP contribution in [-0.4, -0.2) is 47.8 Å². The van der Waals surface area contributed by atoms with Gasteiger partial charge in [0.1, 0.15) is 5.82 Å². The molecule has 2 aromatic rings. The first-order valence-corrected chi connectivity index (χ1v) is 10.4. The number of amides is 2. The average molecular weight is 466 g/mol. The predicted molar refractivity (Wildman–Crippen MR) is 109 cm³/mol. The van der Waals surface area contributed by atoms with Gasteiger partial charge in [0.2, 0.25) is 5.91 Å². The maximum Gasteiger partial charge on any atom is 0.255 e. The Balaban J connectivity index is 1.34. The quantitative estimate of drug-likeness (QED) is 0.677. The van der Waals surface area contributed by atoms with Crippen LogP contribution in [0.3, 0.4) is 0 Å². The molecule has 0 spiro atoms. The van der Waals surface area contributed by atoms with E-state index in [-0.39, 0.29) is 28.7 Å². The van der Waals surface area contributed by atoms with Gasteiger partial charge in [-0.15, -0.1) is 0 Å². The molecule has 146 valence electrons. The molecule has 4 nitrogen and oxygen atoms in total. The summed E-state index contributed by atoms with van der Waals surface area (Å²) in [5.74, 6) is -0.223. The van der Waals surface area contributed by atoms with Gasteiger partial charge in [-0.3, -0.25) is 9.59 Å². The molecule has 1 aliphatic carbocycles. The highest BCUT2D eigenvalue weighted by atomic mass is 79.9. The minimum Gasteiger partial charge on any atom is -0.339 e.